The van der Waals surface area contributed by atoms with Gasteiger partial charge < -0.3 is 0 Å². The third-order valence-electron chi connectivity index (χ3n) is 3.06. The molecular formula is C16H17F. The van der Waals surface area contributed by atoms with E-state index in [0.717, 1.165) is 17.5 Å². The summed E-state index contributed by atoms with van der Waals surface area (Å²) in [4.78, 5) is 0. The Morgan fingerprint density at radius 3 is 2.06 bits per heavy atom. The summed E-state index contributed by atoms with van der Waals surface area (Å²) in [6.07, 6.45) is 0.921. The fourth-order valence-corrected chi connectivity index (χ4v) is 2.12. The van der Waals surface area contributed by atoms with E-state index in [1.807, 2.05) is 31.2 Å². The number of aryl methyl sites for hydroxylation is 3. The van der Waals surface area contributed by atoms with Crippen molar-refractivity contribution >= 4 is 0 Å². The molecule has 2 rings (SSSR count). The van der Waals surface area contributed by atoms with E-state index >= 15 is 0 Å². The van der Waals surface area contributed by atoms with Crippen LogP contribution in [0.4, 0.5) is 4.39 Å². The largest absolute Gasteiger partial charge is 0.206 e. The molecule has 0 atom stereocenters. The highest BCUT2D eigenvalue weighted by molar-refractivity contribution is 5.68. The Morgan fingerprint density at radius 2 is 1.47 bits per heavy atom. The lowest BCUT2D eigenvalue weighted by molar-refractivity contribution is 0.630. The van der Waals surface area contributed by atoms with Crippen LogP contribution in [0.15, 0.2) is 36.4 Å². The lowest BCUT2D eigenvalue weighted by Gasteiger charge is -2.10. The molecule has 0 bridgehead atoms. The summed E-state index contributed by atoms with van der Waals surface area (Å²) in [5.41, 5.74) is 5.09. The van der Waals surface area contributed by atoms with E-state index in [1.165, 1.54) is 11.1 Å². The monoisotopic (exact) mass is 228 g/mol. The van der Waals surface area contributed by atoms with Crippen LogP contribution in [0.3, 0.4) is 0 Å². The van der Waals surface area contributed by atoms with E-state index in [-0.39, 0.29) is 5.82 Å². The summed E-state index contributed by atoms with van der Waals surface area (Å²) in [7, 11) is 0. The molecule has 0 aliphatic heterocycles. The van der Waals surface area contributed by atoms with Gasteiger partial charge in [-0.25, -0.2) is 4.39 Å². The minimum Gasteiger partial charge on any atom is -0.206 e. The van der Waals surface area contributed by atoms with E-state index in [0.29, 0.717) is 5.56 Å². The summed E-state index contributed by atoms with van der Waals surface area (Å²) in [6, 6.07) is 11.6. The molecule has 0 unspecified atom stereocenters. The highest BCUT2D eigenvalue weighted by Crippen LogP contribution is 2.28. The number of hydrogen-bond donors (Lipinski definition) is 0. The molecule has 88 valence electrons. The second-order valence-corrected chi connectivity index (χ2v) is 4.50. The van der Waals surface area contributed by atoms with Crippen molar-refractivity contribution < 1.29 is 4.39 Å². The van der Waals surface area contributed by atoms with Gasteiger partial charge in [0.2, 0.25) is 0 Å². The van der Waals surface area contributed by atoms with Gasteiger partial charge in [0.25, 0.3) is 0 Å². The molecule has 1 heteroatoms. The molecular weight excluding hydrogens is 211 g/mol. The van der Waals surface area contributed by atoms with Crippen LogP contribution in [-0.2, 0) is 6.42 Å². The molecule has 2 aromatic rings. The first kappa shape index (κ1) is 11.8. The highest BCUT2D eigenvalue weighted by Gasteiger charge is 2.09. The Hall–Kier alpha value is -1.63. The molecule has 0 saturated carbocycles. The van der Waals surface area contributed by atoms with Crippen molar-refractivity contribution in [1.82, 2.24) is 0 Å². The highest BCUT2D eigenvalue weighted by atomic mass is 19.1. The van der Waals surface area contributed by atoms with E-state index in [9.17, 15) is 4.39 Å². The molecule has 0 fully saturated rings. The molecule has 0 heterocycles. The van der Waals surface area contributed by atoms with Gasteiger partial charge in [-0.1, -0.05) is 42.8 Å². The van der Waals surface area contributed by atoms with Crippen molar-refractivity contribution in [2.45, 2.75) is 27.2 Å². The van der Waals surface area contributed by atoms with Crippen LogP contribution < -0.4 is 0 Å². The zero-order valence-corrected chi connectivity index (χ0v) is 10.5. The molecule has 2 aromatic carbocycles. The summed E-state index contributed by atoms with van der Waals surface area (Å²) >= 11 is 0. The van der Waals surface area contributed by atoms with Gasteiger partial charge in [0, 0.05) is 5.56 Å². The SMILES string of the molecule is CCc1cc(C)ccc1-c1ccc(C)cc1F. The summed E-state index contributed by atoms with van der Waals surface area (Å²) in [5, 5.41) is 0. The van der Waals surface area contributed by atoms with Crippen LogP contribution in [0.5, 0.6) is 0 Å². The number of benzene rings is 2. The van der Waals surface area contributed by atoms with Gasteiger partial charge in [0.05, 0.1) is 0 Å². The van der Waals surface area contributed by atoms with Gasteiger partial charge in [-0.2, -0.15) is 0 Å². The first-order valence-corrected chi connectivity index (χ1v) is 5.98. The average molecular weight is 228 g/mol. The lowest BCUT2D eigenvalue weighted by atomic mass is 9.95. The standard InChI is InChI=1S/C16H17F/c1-4-13-9-11(2)5-7-14(13)15-8-6-12(3)10-16(15)17/h5-10H,4H2,1-3H3. The van der Waals surface area contributed by atoms with Crippen molar-refractivity contribution in [3.8, 4) is 11.1 Å². The predicted molar refractivity (Wildman–Crippen MR) is 70.7 cm³/mol. The smallest absolute Gasteiger partial charge is 0.131 e. The zero-order valence-electron chi connectivity index (χ0n) is 10.5. The van der Waals surface area contributed by atoms with Gasteiger partial charge >= 0.3 is 0 Å². The van der Waals surface area contributed by atoms with Crippen LogP contribution in [0.2, 0.25) is 0 Å². The zero-order chi connectivity index (χ0) is 12.4. The average Bonchev–Trinajstić information content (AvgIpc) is 2.30. The maximum absolute atomic E-state index is 14.0. The molecule has 0 saturated heterocycles. The van der Waals surface area contributed by atoms with Crippen molar-refractivity contribution in [3.05, 3.63) is 58.9 Å². The van der Waals surface area contributed by atoms with E-state index < -0.39 is 0 Å². The minimum atomic E-state index is -0.136. The molecule has 0 aromatic heterocycles. The van der Waals surface area contributed by atoms with E-state index in [1.54, 1.807) is 6.07 Å². The van der Waals surface area contributed by atoms with Crippen molar-refractivity contribution in [1.29, 1.82) is 0 Å². The fraction of sp³-hybridized carbons (Fsp3) is 0.250. The van der Waals surface area contributed by atoms with E-state index in [4.69, 9.17) is 0 Å². The maximum atomic E-state index is 14.0. The van der Waals surface area contributed by atoms with Gasteiger partial charge in [-0.05, 0) is 43.0 Å². The molecule has 0 aliphatic carbocycles. The van der Waals surface area contributed by atoms with Crippen LogP contribution >= 0.6 is 0 Å². The molecule has 17 heavy (non-hydrogen) atoms. The van der Waals surface area contributed by atoms with Crippen molar-refractivity contribution in [2.24, 2.45) is 0 Å². The van der Waals surface area contributed by atoms with Crippen molar-refractivity contribution in [2.75, 3.05) is 0 Å². The second-order valence-electron chi connectivity index (χ2n) is 4.50. The molecule has 0 radical (unpaired) electrons. The van der Waals surface area contributed by atoms with Gasteiger partial charge in [-0.3, -0.25) is 0 Å². The van der Waals surface area contributed by atoms with Crippen molar-refractivity contribution in [3.63, 3.8) is 0 Å². The van der Waals surface area contributed by atoms with Crippen LogP contribution in [-0.4, -0.2) is 0 Å². The number of halogens is 1. The maximum Gasteiger partial charge on any atom is 0.131 e. The lowest BCUT2D eigenvalue weighted by Crippen LogP contribution is -1.92. The first-order valence-electron chi connectivity index (χ1n) is 5.98. The van der Waals surface area contributed by atoms with Gasteiger partial charge in [0.1, 0.15) is 5.82 Å². The van der Waals surface area contributed by atoms with Crippen LogP contribution in [0, 0.1) is 19.7 Å². The molecule has 0 amide bonds. The Bertz CT molecular complexity index is 541. The third-order valence-corrected chi connectivity index (χ3v) is 3.06. The number of rotatable bonds is 2. The first-order chi connectivity index (χ1) is 8.11. The Kier molecular flexibility index (Phi) is 3.28. The third kappa shape index (κ3) is 2.38. The second kappa shape index (κ2) is 4.70. The summed E-state index contributed by atoms with van der Waals surface area (Å²) in [6.45, 7) is 6.07. The van der Waals surface area contributed by atoms with Gasteiger partial charge in [0.15, 0.2) is 0 Å². The molecule has 0 nitrogen and oxygen atoms in total. The Morgan fingerprint density at radius 1 is 0.882 bits per heavy atom. The van der Waals surface area contributed by atoms with Crippen LogP contribution in [0.25, 0.3) is 11.1 Å². The number of hydrogen-bond acceptors (Lipinski definition) is 0. The van der Waals surface area contributed by atoms with E-state index in [2.05, 4.69) is 19.9 Å². The topological polar surface area (TPSA) is 0 Å². The Labute approximate surface area is 102 Å². The Balaban J connectivity index is 2.60. The quantitative estimate of drug-likeness (QED) is 0.700. The summed E-state index contributed by atoms with van der Waals surface area (Å²) in [5.74, 6) is -0.136. The van der Waals surface area contributed by atoms with Crippen LogP contribution in [0.1, 0.15) is 23.6 Å². The summed E-state index contributed by atoms with van der Waals surface area (Å²) < 4.78 is 14.0. The fourth-order valence-electron chi connectivity index (χ4n) is 2.12. The molecule has 0 aliphatic rings. The molecule has 0 spiro atoms. The molecule has 0 N–H and O–H groups in total. The minimum absolute atomic E-state index is 0.136. The normalized spacial score (nSPS) is 10.6. The van der Waals surface area contributed by atoms with Gasteiger partial charge in [-0.15, -0.1) is 0 Å². The predicted octanol–water partition coefficient (Wildman–Crippen LogP) is 4.67.